The normalized spacial score (nSPS) is 11.8. The number of primary amides is 1. The lowest BCUT2D eigenvalue weighted by atomic mass is 9.88. The number of ether oxygens (including phenoxy) is 3. The number of carbonyl (C=O) groups excluding carboxylic acids is 1. The van der Waals surface area contributed by atoms with E-state index in [2.05, 4.69) is 10.2 Å². The summed E-state index contributed by atoms with van der Waals surface area (Å²) in [6.45, 7) is 1.75. The highest BCUT2D eigenvalue weighted by Gasteiger charge is 2.26. The van der Waals surface area contributed by atoms with E-state index in [1.54, 1.807) is 19.1 Å². The van der Waals surface area contributed by atoms with E-state index in [-0.39, 0.29) is 12.0 Å². The van der Waals surface area contributed by atoms with Gasteiger partial charge in [-0.25, -0.2) is 0 Å². The summed E-state index contributed by atoms with van der Waals surface area (Å²) in [5.74, 6) is 0.248. The minimum atomic E-state index is -0.536. The third kappa shape index (κ3) is 3.22. The average Bonchev–Trinajstić information content (AvgIpc) is 2.89. The van der Waals surface area contributed by atoms with Crippen molar-refractivity contribution in [3.05, 3.63) is 39.3 Å². The van der Waals surface area contributed by atoms with Gasteiger partial charge < -0.3 is 25.0 Å². The Morgan fingerprint density at radius 3 is 2.08 bits per heavy atom. The molecule has 0 aliphatic heterocycles. The van der Waals surface area contributed by atoms with Crippen molar-refractivity contribution in [2.24, 2.45) is 5.73 Å². The van der Waals surface area contributed by atoms with E-state index in [4.69, 9.17) is 19.9 Å². The highest BCUT2D eigenvalue weighted by molar-refractivity contribution is 5.75. The quantitative estimate of drug-likeness (QED) is 0.698. The lowest BCUT2D eigenvalue weighted by Crippen LogP contribution is -2.20. The van der Waals surface area contributed by atoms with Gasteiger partial charge in [-0.15, -0.1) is 0 Å². The monoisotopic (exact) mass is 335 g/mol. The van der Waals surface area contributed by atoms with Gasteiger partial charge in [0.1, 0.15) is 0 Å². The summed E-state index contributed by atoms with van der Waals surface area (Å²) < 4.78 is 16.0. The van der Waals surface area contributed by atoms with Crippen molar-refractivity contribution in [1.82, 2.24) is 10.2 Å². The van der Waals surface area contributed by atoms with Crippen molar-refractivity contribution in [2.45, 2.75) is 19.3 Å². The van der Waals surface area contributed by atoms with Crippen LogP contribution in [0.25, 0.3) is 0 Å². The Balaban J connectivity index is 2.67. The van der Waals surface area contributed by atoms with Crippen LogP contribution in [0.2, 0.25) is 0 Å². The fraction of sp³-hybridized carbons (Fsp3) is 0.375. The van der Waals surface area contributed by atoms with Gasteiger partial charge >= 0.3 is 0 Å². The van der Waals surface area contributed by atoms with Crippen LogP contribution >= 0.6 is 0 Å². The number of nitrogens with two attached hydrogens (primary N) is 1. The third-order valence-electron chi connectivity index (χ3n) is 3.86. The highest BCUT2D eigenvalue weighted by atomic mass is 16.5. The minimum absolute atomic E-state index is 0.0274. The average molecular weight is 335 g/mol. The van der Waals surface area contributed by atoms with Crippen LogP contribution < -0.4 is 25.5 Å². The standard InChI is InChI=1S/C16H21N3O5/c1-8-14(16(21)19-18-8)10(7-13(17)20)9-5-11(22-2)15(24-4)12(6-9)23-3/h5-6,10H,7H2,1-4H3,(H2,17,20)(H2,18,19,21)/t10-/m1/s1. The van der Waals surface area contributed by atoms with Gasteiger partial charge in [0.2, 0.25) is 11.7 Å². The van der Waals surface area contributed by atoms with Crippen LogP contribution in [0, 0.1) is 6.92 Å². The lowest BCUT2D eigenvalue weighted by molar-refractivity contribution is -0.118. The maximum Gasteiger partial charge on any atom is 0.267 e. The molecule has 0 saturated heterocycles. The molecule has 0 spiro atoms. The number of hydrogen-bond acceptors (Lipinski definition) is 5. The Labute approximate surface area is 138 Å². The number of H-pyrrole nitrogens is 2. The molecule has 0 unspecified atom stereocenters. The molecule has 8 heteroatoms. The van der Waals surface area contributed by atoms with Crippen LogP contribution in [0.1, 0.15) is 29.2 Å². The second-order valence-electron chi connectivity index (χ2n) is 5.30. The molecule has 2 aromatic rings. The molecule has 0 saturated carbocycles. The van der Waals surface area contributed by atoms with Crippen molar-refractivity contribution in [1.29, 1.82) is 0 Å². The predicted octanol–water partition coefficient (Wildman–Crippen LogP) is 1.04. The van der Waals surface area contributed by atoms with Crippen LogP contribution in [0.15, 0.2) is 16.9 Å². The Kier molecular flexibility index (Phi) is 5.18. The summed E-state index contributed by atoms with van der Waals surface area (Å²) in [5, 5.41) is 5.28. The molecular weight excluding hydrogens is 314 g/mol. The van der Waals surface area contributed by atoms with Crippen molar-refractivity contribution in [3.8, 4) is 17.2 Å². The Morgan fingerprint density at radius 1 is 1.12 bits per heavy atom. The van der Waals surface area contributed by atoms with Gasteiger partial charge in [0, 0.05) is 23.6 Å². The van der Waals surface area contributed by atoms with E-state index in [0.29, 0.717) is 34.1 Å². The first-order valence-corrected chi connectivity index (χ1v) is 7.28. The third-order valence-corrected chi connectivity index (χ3v) is 3.86. The van der Waals surface area contributed by atoms with E-state index in [9.17, 15) is 9.59 Å². The second kappa shape index (κ2) is 7.12. The minimum Gasteiger partial charge on any atom is -0.493 e. The second-order valence-corrected chi connectivity index (χ2v) is 5.30. The van der Waals surface area contributed by atoms with Gasteiger partial charge in [0.25, 0.3) is 5.56 Å². The number of hydrogen-bond donors (Lipinski definition) is 3. The number of carbonyl (C=O) groups is 1. The molecule has 0 aliphatic rings. The first-order chi connectivity index (χ1) is 11.4. The van der Waals surface area contributed by atoms with Gasteiger partial charge in [-0.1, -0.05) is 0 Å². The van der Waals surface area contributed by atoms with Gasteiger partial charge in [0.05, 0.1) is 21.3 Å². The van der Waals surface area contributed by atoms with Crippen molar-refractivity contribution in [2.75, 3.05) is 21.3 Å². The van der Waals surface area contributed by atoms with Crippen molar-refractivity contribution >= 4 is 5.91 Å². The molecule has 1 aromatic heterocycles. The smallest absolute Gasteiger partial charge is 0.267 e. The van der Waals surface area contributed by atoms with E-state index < -0.39 is 11.8 Å². The van der Waals surface area contributed by atoms with Crippen molar-refractivity contribution < 1.29 is 19.0 Å². The van der Waals surface area contributed by atoms with Crippen LogP contribution in [0.3, 0.4) is 0 Å². The first kappa shape index (κ1) is 17.5. The fourth-order valence-electron chi connectivity index (χ4n) is 2.77. The summed E-state index contributed by atoms with van der Waals surface area (Å²) in [5.41, 5.74) is 6.84. The topological polar surface area (TPSA) is 119 Å². The van der Waals surface area contributed by atoms with Crippen LogP contribution in [-0.4, -0.2) is 37.4 Å². The zero-order chi connectivity index (χ0) is 17.9. The summed E-state index contributed by atoms with van der Waals surface area (Å²) in [6, 6.07) is 3.42. The van der Waals surface area contributed by atoms with Gasteiger partial charge in [0.15, 0.2) is 11.5 Å². The molecule has 1 heterocycles. The number of aromatic amines is 2. The molecule has 0 radical (unpaired) electrons. The van der Waals surface area contributed by atoms with Crippen LogP contribution in [0.5, 0.6) is 17.2 Å². The highest BCUT2D eigenvalue weighted by Crippen LogP contribution is 2.41. The number of benzene rings is 1. The Hall–Kier alpha value is -2.90. The molecular formula is C16H21N3O5. The summed E-state index contributed by atoms with van der Waals surface area (Å²) in [7, 11) is 4.50. The molecule has 24 heavy (non-hydrogen) atoms. The largest absolute Gasteiger partial charge is 0.493 e. The number of aryl methyl sites for hydroxylation is 1. The van der Waals surface area contributed by atoms with Gasteiger partial charge in [-0.2, -0.15) is 0 Å². The summed E-state index contributed by atoms with van der Waals surface area (Å²) >= 11 is 0. The van der Waals surface area contributed by atoms with Gasteiger partial charge in [-0.05, 0) is 24.6 Å². The zero-order valence-electron chi connectivity index (χ0n) is 14.1. The van der Waals surface area contributed by atoms with E-state index in [1.807, 2.05) is 0 Å². The van der Waals surface area contributed by atoms with Crippen molar-refractivity contribution in [3.63, 3.8) is 0 Å². The van der Waals surface area contributed by atoms with Crippen LogP contribution in [-0.2, 0) is 4.79 Å². The van der Waals surface area contributed by atoms with E-state index >= 15 is 0 Å². The predicted molar refractivity (Wildman–Crippen MR) is 87.9 cm³/mol. The molecule has 1 aromatic carbocycles. The molecule has 1 amide bonds. The van der Waals surface area contributed by atoms with E-state index in [0.717, 1.165) is 0 Å². The van der Waals surface area contributed by atoms with E-state index in [1.165, 1.54) is 21.3 Å². The molecule has 8 nitrogen and oxygen atoms in total. The number of nitrogens with one attached hydrogen (secondary N) is 2. The Bertz CT molecular complexity index is 768. The first-order valence-electron chi connectivity index (χ1n) is 7.28. The zero-order valence-corrected chi connectivity index (χ0v) is 14.1. The fourth-order valence-corrected chi connectivity index (χ4v) is 2.77. The summed E-state index contributed by atoms with van der Waals surface area (Å²) in [4.78, 5) is 23.7. The maximum absolute atomic E-state index is 12.1. The number of amides is 1. The van der Waals surface area contributed by atoms with Gasteiger partial charge in [-0.3, -0.25) is 14.7 Å². The molecule has 0 fully saturated rings. The molecule has 0 bridgehead atoms. The molecule has 2 rings (SSSR count). The Morgan fingerprint density at radius 2 is 1.71 bits per heavy atom. The SMILES string of the molecule is COc1cc([C@@H](CC(N)=O)c2c(C)[nH][nH]c2=O)cc(OC)c1OC. The lowest BCUT2D eigenvalue weighted by Gasteiger charge is -2.19. The molecule has 1 atom stereocenters. The number of rotatable bonds is 7. The number of methoxy groups -OCH3 is 3. The van der Waals surface area contributed by atoms with Crippen LogP contribution in [0.4, 0.5) is 0 Å². The number of aromatic nitrogens is 2. The molecule has 130 valence electrons. The summed E-state index contributed by atoms with van der Waals surface area (Å²) in [6.07, 6.45) is -0.0274. The maximum atomic E-state index is 12.1. The molecule has 4 N–H and O–H groups in total. The molecule has 0 aliphatic carbocycles.